The van der Waals surface area contributed by atoms with E-state index in [0.29, 0.717) is 38.2 Å². The summed E-state index contributed by atoms with van der Waals surface area (Å²) in [7, 11) is -3.88. The molecule has 0 saturated carbocycles. The zero-order chi connectivity index (χ0) is 26.7. The van der Waals surface area contributed by atoms with Gasteiger partial charge in [0.15, 0.2) is 10.7 Å². The summed E-state index contributed by atoms with van der Waals surface area (Å²) in [6.45, 7) is 14.8. The van der Waals surface area contributed by atoms with Gasteiger partial charge in [0.1, 0.15) is 5.69 Å². The molecule has 4 rings (SSSR count). The number of sulfonamides is 1. The number of carbonyl (C=O) groups excluding carboxylic acids is 1. The van der Waals surface area contributed by atoms with Gasteiger partial charge in [0.05, 0.1) is 5.92 Å². The Morgan fingerprint density at radius 2 is 1.73 bits per heavy atom. The molecule has 0 spiro atoms. The monoisotopic (exact) mass is 528 g/mol. The third-order valence-electron chi connectivity index (χ3n) is 7.53. The summed E-state index contributed by atoms with van der Waals surface area (Å²) < 4.78 is 34.5. The average Bonchev–Trinajstić information content (AvgIpc) is 3.24. The van der Waals surface area contributed by atoms with Crippen molar-refractivity contribution in [1.29, 1.82) is 0 Å². The Morgan fingerprint density at radius 3 is 2.38 bits per heavy atom. The lowest BCUT2D eigenvalue weighted by Gasteiger charge is -2.38. The zero-order valence-electron chi connectivity index (χ0n) is 22.8. The standard InChI is InChI=1S/C28H40N4O4S/c1-6-11-30-13-15-31(16-14-30)28(33)24-8-7-12-32(19-24)37(34,35)27-23(5)29-36-26(27)10-9-25-21(3)17-20(2)18-22(25)4/h9-10,17-18,24H,6-8,11-16,19H2,1-5H3/b10-9+. The van der Waals surface area contributed by atoms with Gasteiger partial charge in [-0.3, -0.25) is 9.69 Å². The van der Waals surface area contributed by atoms with E-state index in [-0.39, 0.29) is 29.0 Å². The maximum absolute atomic E-state index is 13.8. The molecule has 0 N–H and O–H groups in total. The van der Waals surface area contributed by atoms with Crippen LogP contribution in [0.3, 0.4) is 0 Å². The second kappa shape index (κ2) is 11.5. The largest absolute Gasteiger partial charge is 0.355 e. The second-order valence-electron chi connectivity index (χ2n) is 10.5. The van der Waals surface area contributed by atoms with Crippen molar-refractivity contribution in [2.45, 2.75) is 58.8 Å². The Bertz CT molecular complexity index is 1240. The fourth-order valence-corrected chi connectivity index (χ4v) is 7.44. The molecule has 9 heteroatoms. The Hall–Kier alpha value is -2.49. The van der Waals surface area contributed by atoms with Crippen molar-refractivity contribution in [3.8, 4) is 0 Å². The molecular formula is C28H40N4O4S. The third kappa shape index (κ3) is 5.99. The first kappa shape index (κ1) is 27.5. The van der Waals surface area contributed by atoms with Crippen LogP contribution in [0.4, 0.5) is 0 Å². The SMILES string of the molecule is CCCN1CCN(C(=O)C2CCCN(S(=O)(=O)c3c(C)noc3/C=C/c3c(C)cc(C)cc3C)C2)CC1. The first-order chi connectivity index (χ1) is 17.6. The molecule has 0 aliphatic carbocycles. The Morgan fingerprint density at radius 1 is 1.05 bits per heavy atom. The van der Waals surface area contributed by atoms with Crippen LogP contribution in [0, 0.1) is 33.6 Å². The predicted octanol–water partition coefficient (Wildman–Crippen LogP) is 4.03. The van der Waals surface area contributed by atoms with E-state index in [2.05, 4.69) is 36.0 Å². The topological polar surface area (TPSA) is 87.0 Å². The van der Waals surface area contributed by atoms with Crippen LogP contribution in [-0.4, -0.2) is 79.4 Å². The number of hydrogen-bond donors (Lipinski definition) is 0. The minimum Gasteiger partial charge on any atom is -0.355 e. The highest BCUT2D eigenvalue weighted by Crippen LogP contribution is 2.30. The van der Waals surface area contributed by atoms with Crippen molar-refractivity contribution in [1.82, 2.24) is 19.3 Å². The summed E-state index contributed by atoms with van der Waals surface area (Å²) in [5, 5.41) is 3.99. The van der Waals surface area contributed by atoms with Gasteiger partial charge in [-0.2, -0.15) is 4.31 Å². The van der Waals surface area contributed by atoms with Crippen molar-refractivity contribution in [2.24, 2.45) is 5.92 Å². The highest BCUT2D eigenvalue weighted by atomic mass is 32.2. The predicted molar refractivity (Wildman–Crippen MR) is 146 cm³/mol. The van der Waals surface area contributed by atoms with Crippen LogP contribution in [0.2, 0.25) is 0 Å². The lowest BCUT2D eigenvalue weighted by Crippen LogP contribution is -2.53. The van der Waals surface area contributed by atoms with Gasteiger partial charge in [0.25, 0.3) is 0 Å². The van der Waals surface area contributed by atoms with Crippen LogP contribution >= 0.6 is 0 Å². The number of benzene rings is 1. The van der Waals surface area contributed by atoms with E-state index in [0.717, 1.165) is 42.7 Å². The molecule has 1 atom stereocenters. The molecule has 202 valence electrons. The van der Waals surface area contributed by atoms with Crippen LogP contribution in [0.25, 0.3) is 12.2 Å². The minimum absolute atomic E-state index is 0.0727. The van der Waals surface area contributed by atoms with E-state index >= 15 is 0 Å². The van der Waals surface area contributed by atoms with E-state index in [4.69, 9.17) is 4.52 Å². The lowest BCUT2D eigenvalue weighted by atomic mass is 9.98. The maximum atomic E-state index is 13.8. The smallest absolute Gasteiger partial charge is 0.248 e. The molecule has 0 radical (unpaired) electrons. The van der Waals surface area contributed by atoms with Crippen LogP contribution in [0.15, 0.2) is 21.6 Å². The van der Waals surface area contributed by atoms with Crippen molar-refractivity contribution in [3.63, 3.8) is 0 Å². The molecule has 1 unspecified atom stereocenters. The maximum Gasteiger partial charge on any atom is 0.248 e. The van der Waals surface area contributed by atoms with Gasteiger partial charge in [0, 0.05) is 39.3 Å². The van der Waals surface area contributed by atoms with E-state index in [1.807, 2.05) is 24.8 Å². The molecule has 1 aromatic carbocycles. The molecular weight excluding hydrogens is 488 g/mol. The van der Waals surface area contributed by atoms with E-state index in [9.17, 15) is 13.2 Å². The molecule has 2 aliphatic heterocycles. The Balaban J connectivity index is 1.51. The number of hydrogen-bond acceptors (Lipinski definition) is 6. The summed E-state index contributed by atoms with van der Waals surface area (Å²) in [5.41, 5.74) is 4.77. The zero-order valence-corrected chi connectivity index (χ0v) is 23.6. The first-order valence-electron chi connectivity index (χ1n) is 13.3. The summed E-state index contributed by atoms with van der Waals surface area (Å²) in [4.78, 5) is 17.7. The molecule has 0 bridgehead atoms. The van der Waals surface area contributed by atoms with Gasteiger partial charge in [-0.15, -0.1) is 0 Å². The fourth-order valence-electron chi connectivity index (χ4n) is 5.67. The molecule has 1 amide bonds. The van der Waals surface area contributed by atoms with Gasteiger partial charge in [-0.05, 0) is 76.3 Å². The van der Waals surface area contributed by atoms with Gasteiger partial charge in [-0.25, -0.2) is 8.42 Å². The number of piperidine rings is 1. The molecule has 3 heterocycles. The number of rotatable bonds is 7. The Labute approximate surface area is 221 Å². The molecule has 2 aromatic rings. The molecule has 37 heavy (non-hydrogen) atoms. The van der Waals surface area contributed by atoms with Crippen molar-refractivity contribution >= 4 is 28.1 Å². The first-order valence-corrected chi connectivity index (χ1v) is 14.8. The Kier molecular flexibility index (Phi) is 8.56. The average molecular weight is 529 g/mol. The molecule has 2 saturated heterocycles. The molecule has 2 fully saturated rings. The van der Waals surface area contributed by atoms with E-state index in [1.165, 1.54) is 9.87 Å². The highest BCUT2D eigenvalue weighted by Gasteiger charge is 2.38. The second-order valence-corrected chi connectivity index (χ2v) is 12.4. The number of carbonyl (C=O) groups is 1. The number of nitrogens with zero attached hydrogens (tertiary/aromatic N) is 4. The summed E-state index contributed by atoms with van der Waals surface area (Å²) in [6, 6.07) is 4.20. The van der Waals surface area contributed by atoms with Gasteiger partial charge in [0.2, 0.25) is 15.9 Å². The van der Waals surface area contributed by atoms with Gasteiger partial charge in [-0.1, -0.05) is 35.9 Å². The van der Waals surface area contributed by atoms with Crippen LogP contribution in [-0.2, 0) is 14.8 Å². The summed E-state index contributed by atoms with van der Waals surface area (Å²) in [6.07, 6.45) is 6.06. The lowest BCUT2D eigenvalue weighted by molar-refractivity contribution is -0.138. The normalized spacial score (nSPS) is 20.1. The van der Waals surface area contributed by atoms with Crippen molar-refractivity contribution < 1.29 is 17.7 Å². The number of piperazine rings is 1. The van der Waals surface area contributed by atoms with Crippen LogP contribution < -0.4 is 0 Å². The number of aryl methyl sites for hydroxylation is 4. The van der Waals surface area contributed by atoms with E-state index < -0.39 is 10.0 Å². The molecule has 1 aromatic heterocycles. The third-order valence-corrected chi connectivity index (χ3v) is 9.55. The van der Waals surface area contributed by atoms with Crippen LogP contribution in [0.5, 0.6) is 0 Å². The number of amides is 1. The molecule has 8 nitrogen and oxygen atoms in total. The minimum atomic E-state index is -3.88. The summed E-state index contributed by atoms with van der Waals surface area (Å²) in [5.74, 6) is -0.0285. The highest BCUT2D eigenvalue weighted by molar-refractivity contribution is 7.89. The molecule has 2 aliphatic rings. The van der Waals surface area contributed by atoms with Crippen molar-refractivity contribution in [3.05, 3.63) is 45.8 Å². The van der Waals surface area contributed by atoms with Crippen LogP contribution in [0.1, 0.15) is 59.9 Å². The van der Waals surface area contributed by atoms with Gasteiger partial charge < -0.3 is 9.42 Å². The quantitative estimate of drug-likeness (QED) is 0.539. The summed E-state index contributed by atoms with van der Waals surface area (Å²) >= 11 is 0. The van der Waals surface area contributed by atoms with Gasteiger partial charge >= 0.3 is 0 Å². The van der Waals surface area contributed by atoms with Crippen molar-refractivity contribution in [2.75, 3.05) is 45.8 Å². The fraction of sp³-hybridized carbons (Fsp3) is 0.571. The number of aromatic nitrogens is 1. The van der Waals surface area contributed by atoms with E-state index in [1.54, 1.807) is 13.0 Å².